The Morgan fingerprint density at radius 2 is 1.70 bits per heavy atom. The van der Waals surface area contributed by atoms with Gasteiger partial charge in [-0.2, -0.15) is 13.2 Å². The molecule has 0 heterocycles. The van der Waals surface area contributed by atoms with Gasteiger partial charge in [-0.15, -0.1) is 11.8 Å². The summed E-state index contributed by atoms with van der Waals surface area (Å²) in [7, 11) is 0. The monoisotopic (exact) mass is 537 g/mol. The molecule has 0 aliphatic rings. The van der Waals surface area contributed by atoms with E-state index in [2.05, 4.69) is 15.9 Å². The molecule has 3 rings (SSSR count). The van der Waals surface area contributed by atoms with E-state index < -0.39 is 33.9 Å². The van der Waals surface area contributed by atoms with Crippen molar-refractivity contribution in [3.8, 4) is 5.75 Å². The van der Waals surface area contributed by atoms with Crippen molar-refractivity contribution in [3.63, 3.8) is 0 Å². The number of ketones is 1. The number of hydrogen-bond acceptors (Lipinski definition) is 5. The van der Waals surface area contributed by atoms with Crippen LogP contribution >= 0.6 is 27.7 Å². The highest BCUT2D eigenvalue weighted by Gasteiger charge is 2.30. The maximum atomic E-state index is 13.1. The van der Waals surface area contributed by atoms with Crippen molar-refractivity contribution in [1.29, 1.82) is 0 Å². The Morgan fingerprint density at radius 1 is 1.06 bits per heavy atom. The third-order valence-corrected chi connectivity index (χ3v) is 6.12. The van der Waals surface area contributed by atoms with Gasteiger partial charge in [-0.3, -0.25) is 14.9 Å². The summed E-state index contributed by atoms with van der Waals surface area (Å²) in [5.41, 5.74) is -0.167. The van der Waals surface area contributed by atoms with Gasteiger partial charge in [0.1, 0.15) is 0 Å². The molecule has 0 aliphatic heterocycles. The number of nitro groups is 1. The Morgan fingerprint density at radius 3 is 2.27 bits per heavy atom. The number of Topliss-reactive ketones (excluding diaryl/α,β-unsaturated/α-hetero) is 1. The number of halogens is 4. The van der Waals surface area contributed by atoms with Crippen molar-refractivity contribution in [3.05, 3.63) is 108 Å². The lowest BCUT2D eigenvalue weighted by Gasteiger charge is -2.10. The summed E-state index contributed by atoms with van der Waals surface area (Å²) in [4.78, 5) is 23.7. The van der Waals surface area contributed by atoms with Crippen molar-refractivity contribution in [2.24, 2.45) is 0 Å². The van der Waals surface area contributed by atoms with E-state index in [9.17, 15) is 33.2 Å². The Labute approximate surface area is 199 Å². The molecule has 0 atom stereocenters. The van der Waals surface area contributed by atoms with Crippen LogP contribution in [-0.2, 0) is 11.9 Å². The zero-order valence-corrected chi connectivity index (χ0v) is 19.1. The van der Waals surface area contributed by atoms with E-state index >= 15 is 0 Å². The van der Waals surface area contributed by atoms with E-state index in [1.165, 1.54) is 12.1 Å². The number of thioether (sulfide) groups is 1. The standard InChI is InChI=1S/C23H15BrF3NO4S/c24-18-8-1-14(2-9-18)13-33-21(12-15-3-10-20(29)19(11-15)28(31)32)22(30)16-4-6-17(7-5-16)23(25,26)27/h1-12,29H,13H2/b21-12+. The number of nitrogens with zero attached hydrogens (tertiary/aromatic N) is 1. The first-order valence-electron chi connectivity index (χ1n) is 9.33. The maximum Gasteiger partial charge on any atom is 0.416 e. The number of phenolic OH excluding ortho intramolecular Hbond substituents is 1. The topological polar surface area (TPSA) is 80.4 Å². The fourth-order valence-corrected chi connectivity index (χ4v) is 4.04. The number of aromatic hydroxyl groups is 1. The zero-order valence-electron chi connectivity index (χ0n) is 16.7. The lowest BCUT2D eigenvalue weighted by atomic mass is 10.1. The average Bonchev–Trinajstić information content (AvgIpc) is 2.77. The van der Waals surface area contributed by atoms with Gasteiger partial charge >= 0.3 is 11.9 Å². The van der Waals surface area contributed by atoms with Crippen molar-refractivity contribution < 1.29 is 28.0 Å². The average molecular weight is 538 g/mol. The minimum absolute atomic E-state index is 0.0471. The van der Waals surface area contributed by atoms with E-state index in [4.69, 9.17) is 0 Å². The second-order valence-electron chi connectivity index (χ2n) is 6.83. The van der Waals surface area contributed by atoms with Crippen molar-refractivity contribution in [1.82, 2.24) is 0 Å². The van der Waals surface area contributed by atoms with Crippen molar-refractivity contribution >= 4 is 45.2 Å². The molecular formula is C23H15BrF3NO4S. The first-order valence-corrected chi connectivity index (χ1v) is 11.1. The number of nitro benzene ring substituents is 1. The minimum atomic E-state index is -4.53. The fraction of sp³-hybridized carbons (Fsp3) is 0.0870. The van der Waals surface area contributed by atoms with Gasteiger partial charge in [-0.25, -0.2) is 0 Å². The summed E-state index contributed by atoms with van der Waals surface area (Å²) in [5, 5.41) is 20.8. The molecule has 0 aliphatic carbocycles. The van der Waals surface area contributed by atoms with Crippen LogP contribution in [0.15, 0.2) is 76.1 Å². The zero-order chi connectivity index (χ0) is 24.2. The van der Waals surface area contributed by atoms with Crippen LogP contribution in [0.1, 0.15) is 27.0 Å². The third-order valence-electron chi connectivity index (χ3n) is 4.50. The Hall–Kier alpha value is -3.11. The van der Waals surface area contributed by atoms with Gasteiger partial charge in [-0.05, 0) is 47.5 Å². The van der Waals surface area contributed by atoms with Gasteiger partial charge in [0.2, 0.25) is 0 Å². The molecule has 0 fully saturated rings. The van der Waals surface area contributed by atoms with Crippen LogP contribution in [0.2, 0.25) is 0 Å². The Balaban J connectivity index is 1.96. The quantitative estimate of drug-likeness (QED) is 0.149. The SMILES string of the molecule is O=C(/C(=C\c1ccc(O)c([N+](=O)[O-])c1)SCc1ccc(Br)cc1)c1ccc(C(F)(F)F)cc1. The van der Waals surface area contributed by atoms with Gasteiger partial charge in [-0.1, -0.05) is 46.3 Å². The lowest BCUT2D eigenvalue weighted by molar-refractivity contribution is -0.385. The number of alkyl halides is 3. The van der Waals surface area contributed by atoms with E-state index in [0.717, 1.165) is 58.2 Å². The number of carbonyl (C=O) groups is 1. The summed E-state index contributed by atoms with van der Waals surface area (Å²) in [6.45, 7) is 0. The van der Waals surface area contributed by atoms with Gasteiger partial charge in [0.15, 0.2) is 11.5 Å². The van der Waals surface area contributed by atoms with Crippen LogP contribution in [0.3, 0.4) is 0 Å². The molecule has 0 aromatic heterocycles. The molecule has 0 unspecified atom stereocenters. The number of benzene rings is 3. The summed E-state index contributed by atoms with van der Waals surface area (Å²) < 4.78 is 39.5. The predicted octanol–water partition coefficient (Wildman–Crippen LogP) is 7.24. The summed E-state index contributed by atoms with van der Waals surface area (Å²) >= 11 is 4.49. The second kappa shape index (κ2) is 10.2. The molecule has 0 amide bonds. The van der Waals surface area contributed by atoms with Crippen molar-refractivity contribution in [2.75, 3.05) is 0 Å². The largest absolute Gasteiger partial charge is 0.502 e. The summed E-state index contributed by atoms with van der Waals surface area (Å²) in [6.07, 6.45) is -3.11. The molecule has 0 saturated carbocycles. The Bertz CT molecular complexity index is 1210. The van der Waals surface area contributed by atoms with E-state index in [1.54, 1.807) is 0 Å². The first-order chi connectivity index (χ1) is 15.5. The number of phenols is 1. The predicted molar refractivity (Wildman–Crippen MR) is 124 cm³/mol. The van der Waals surface area contributed by atoms with Crippen molar-refractivity contribution in [2.45, 2.75) is 11.9 Å². The number of carbonyl (C=O) groups excluding carboxylic acids is 1. The molecule has 1 N–H and O–H groups in total. The van der Waals surface area contributed by atoms with Crippen LogP contribution in [-0.4, -0.2) is 15.8 Å². The highest BCUT2D eigenvalue weighted by atomic mass is 79.9. The first kappa shape index (κ1) is 24.5. The molecule has 0 radical (unpaired) electrons. The number of allylic oxidation sites excluding steroid dienone is 1. The van der Waals surface area contributed by atoms with Crippen LogP contribution in [0.25, 0.3) is 6.08 Å². The van der Waals surface area contributed by atoms with Crippen LogP contribution in [0, 0.1) is 10.1 Å². The highest BCUT2D eigenvalue weighted by molar-refractivity contribution is 9.10. The van der Waals surface area contributed by atoms with Gasteiger partial charge in [0.25, 0.3) is 0 Å². The number of rotatable bonds is 7. The molecule has 3 aromatic carbocycles. The molecule has 33 heavy (non-hydrogen) atoms. The van der Waals surface area contributed by atoms with Crippen LogP contribution < -0.4 is 0 Å². The molecule has 5 nitrogen and oxygen atoms in total. The molecule has 0 saturated heterocycles. The summed E-state index contributed by atoms with van der Waals surface area (Å²) in [6, 6.07) is 14.9. The molecule has 0 spiro atoms. The number of hydrogen-bond donors (Lipinski definition) is 1. The highest BCUT2D eigenvalue weighted by Crippen LogP contribution is 2.33. The molecular weight excluding hydrogens is 523 g/mol. The summed E-state index contributed by atoms with van der Waals surface area (Å²) in [5.74, 6) is -0.664. The van der Waals surface area contributed by atoms with Crippen LogP contribution in [0.5, 0.6) is 5.75 Å². The van der Waals surface area contributed by atoms with E-state index in [0.29, 0.717) is 5.75 Å². The normalized spacial score (nSPS) is 11.9. The smallest absolute Gasteiger partial charge is 0.416 e. The third kappa shape index (κ3) is 6.45. The van der Waals surface area contributed by atoms with Gasteiger partial charge in [0, 0.05) is 21.9 Å². The van der Waals surface area contributed by atoms with Crippen LogP contribution in [0.4, 0.5) is 18.9 Å². The molecule has 170 valence electrons. The molecule has 10 heteroatoms. The van der Waals surface area contributed by atoms with E-state index in [1.807, 2.05) is 24.3 Å². The lowest BCUT2D eigenvalue weighted by Crippen LogP contribution is -2.06. The molecule has 0 bridgehead atoms. The Kier molecular flexibility index (Phi) is 7.60. The molecule has 3 aromatic rings. The van der Waals surface area contributed by atoms with Gasteiger partial charge < -0.3 is 5.11 Å². The fourth-order valence-electron chi connectivity index (χ4n) is 2.80. The van der Waals surface area contributed by atoms with E-state index in [-0.39, 0.29) is 16.0 Å². The second-order valence-corrected chi connectivity index (χ2v) is 8.77. The van der Waals surface area contributed by atoms with Gasteiger partial charge in [0.05, 0.1) is 15.4 Å². The maximum absolute atomic E-state index is 13.1. The minimum Gasteiger partial charge on any atom is -0.502 e.